The van der Waals surface area contributed by atoms with Crippen molar-refractivity contribution >= 4 is 16.8 Å². The highest BCUT2D eigenvalue weighted by Gasteiger charge is 2.44. The molecule has 2 fully saturated rings. The number of para-hydroxylation sites is 2. The standard InChI is InChI=1S/C25H26N2O4/c1-30-22-6-2-3-7-23(22)31-24-13-19-15-27(14-18(19)12-21(24)28)25(29)17-8-9-20-16(11-17)5-4-10-26-20/h2-11,18-19,21,24,28H,12-15H2,1H3/t18-,19+,21+,24+/m0/s1. The van der Waals surface area contributed by atoms with Gasteiger partial charge in [0.1, 0.15) is 6.10 Å². The van der Waals surface area contributed by atoms with Crippen LogP contribution in [0.5, 0.6) is 11.5 Å². The summed E-state index contributed by atoms with van der Waals surface area (Å²) in [7, 11) is 1.61. The normalized spacial score (nSPS) is 25.3. The van der Waals surface area contributed by atoms with Crippen molar-refractivity contribution in [2.24, 2.45) is 11.8 Å². The van der Waals surface area contributed by atoms with E-state index in [1.807, 2.05) is 59.5 Å². The molecule has 4 atom stereocenters. The van der Waals surface area contributed by atoms with Gasteiger partial charge >= 0.3 is 0 Å². The number of carbonyl (C=O) groups excluding carboxylic acids is 1. The molecule has 1 N–H and O–H groups in total. The number of rotatable bonds is 4. The number of aliphatic hydroxyl groups is 1. The van der Waals surface area contributed by atoms with E-state index in [1.54, 1.807) is 13.3 Å². The lowest BCUT2D eigenvalue weighted by Gasteiger charge is -2.35. The summed E-state index contributed by atoms with van der Waals surface area (Å²) in [4.78, 5) is 19.4. The molecule has 6 heteroatoms. The number of carbonyl (C=O) groups is 1. The molecular formula is C25H26N2O4. The third kappa shape index (κ3) is 3.83. The zero-order valence-corrected chi connectivity index (χ0v) is 17.5. The predicted octanol–water partition coefficient (Wildman–Crippen LogP) is 3.53. The van der Waals surface area contributed by atoms with E-state index >= 15 is 0 Å². The molecule has 1 aliphatic heterocycles. The van der Waals surface area contributed by atoms with Crippen molar-refractivity contribution in [1.29, 1.82) is 0 Å². The molecule has 1 amide bonds. The van der Waals surface area contributed by atoms with E-state index in [-0.39, 0.29) is 12.0 Å². The van der Waals surface area contributed by atoms with Gasteiger partial charge < -0.3 is 19.5 Å². The Balaban J connectivity index is 1.29. The number of aliphatic hydroxyl groups excluding tert-OH is 1. The van der Waals surface area contributed by atoms with Crippen LogP contribution in [0.1, 0.15) is 23.2 Å². The van der Waals surface area contributed by atoms with Crippen molar-refractivity contribution in [2.45, 2.75) is 25.0 Å². The van der Waals surface area contributed by atoms with Crippen LogP contribution in [0, 0.1) is 11.8 Å². The highest BCUT2D eigenvalue weighted by atomic mass is 16.5. The molecule has 0 bridgehead atoms. The third-order valence-corrected chi connectivity index (χ3v) is 6.57. The summed E-state index contributed by atoms with van der Waals surface area (Å²) < 4.78 is 11.5. The van der Waals surface area contributed by atoms with Crippen LogP contribution in [-0.4, -0.2) is 53.3 Å². The number of hydrogen-bond acceptors (Lipinski definition) is 5. The summed E-state index contributed by atoms with van der Waals surface area (Å²) in [6.45, 7) is 1.36. The maximum atomic E-state index is 13.2. The van der Waals surface area contributed by atoms with Crippen molar-refractivity contribution in [3.05, 3.63) is 66.4 Å². The van der Waals surface area contributed by atoms with Crippen LogP contribution < -0.4 is 9.47 Å². The molecule has 6 nitrogen and oxygen atoms in total. The number of benzene rings is 2. The van der Waals surface area contributed by atoms with Crippen LogP contribution in [0.25, 0.3) is 10.9 Å². The number of amides is 1. The lowest BCUT2D eigenvalue weighted by Crippen LogP contribution is -2.42. The van der Waals surface area contributed by atoms with E-state index in [0.29, 0.717) is 48.4 Å². The maximum absolute atomic E-state index is 13.2. The Morgan fingerprint density at radius 3 is 2.61 bits per heavy atom. The Hall–Kier alpha value is -3.12. The van der Waals surface area contributed by atoms with E-state index in [2.05, 4.69) is 4.98 Å². The van der Waals surface area contributed by atoms with Crippen LogP contribution in [0.2, 0.25) is 0 Å². The Morgan fingerprint density at radius 1 is 1.03 bits per heavy atom. The Kier molecular flexibility index (Phi) is 5.24. The van der Waals surface area contributed by atoms with Gasteiger partial charge in [0.2, 0.25) is 0 Å². The first-order valence-electron chi connectivity index (χ1n) is 10.7. The van der Waals surface area contributed by atoms with Crippen LogP contribution in [0.15, 0.2) is 60.8 Å². The monoisotopic (exact) mass is 418 g/mol. The summed E-state index contributed by atoms with van der Waals surface area (Å²) in [5.74, 6) is 1.94. The number of pyridine rings is 1. The molecule has 5 rings (SSSR count). The van der Waals surface area contributed by atoms with E-state index in [9.17, 15) is 9.90 Å². The van der Waals surface area contributed by atoms with Crippen molar-refractivity contribution in [3.63, 3.8) is 0 Å². The zero-order chi connectivity index (χ0) is 21.4. The van der Waals surface area contributed by atoms with Crippen molar-refractivity contribution in [3.8, 4) is 11.5 Å². The molecule has 1 aliphatic carbocycles. The topological polar surface area (TPSA) is 71.9 Å². The van der Waals surface area contributed by atoms with Crippen LogP contribution in [-0.2, 0) is 0 Å². The smallest absolute Gasteiger partial charge is 0.253 e. The number of hydrogen-bond donors (Lipinski definition) is 1. The van der Waals surface area contributed by atoms with Gasteiger partial charge in [-0.2, -0.15) is 0 Å². The second-order valence-corrected chi connectivity index (χ2v) is 8.49. The SMILES string of the molecule is COc1ccccc1O[C@@H]1C[C@@H]2CN(C(=O)c3ccc4ncccc4c3)C[C@@H]2C[C@H]1O. The summed E-state index contributed by atoms with van der Waals surface area (Å²) in [6.07, 6.45) is 2.24. The quantitative estimate of drug-likeness (QED) is 0.702. The fraction of sp³-hybridized carbons (Fsp3) is 0.360. The number of aromatic nitrogens is 1. The predicted molar refractivity (Wildman–Crippen MR) is 117 cm³/mol. The minimum atomic E-state index is -0.562. The first-order chi connectivity index (χ1) is 15.1. The second kappa shape index (κ2) is 8.19. The highest BCUT2D eigenvalue weighted by molar-refractivity contribution is 5.98. The summed E-state index contributed by atoms with van der Waals surface area (Å²) in [5.41, 5.74) is 1.56. The lowest BCUT2D eigenvalue weighted by atomic mass is 9.78. The highest BCUT2D eigenvalue weighted by Crippen LogP contribution is 2.39. The molecule has 2 aromatic carbocycles. The van der Waals surface area contributed by atoms with Gasteiger partial charge in [-0.25, -0.2) is 0 Å². The van der Waals surface area contributed by atoms with E-state index in [0.717, 1.165) is 17.3 Å². The largest absolute Gasteiger partial charge is 0.493 e. The fourth-order valence-electron chi connectivity index (χ4n) is 4.95. The molecule has 160 valence electrons. The molecule has 1 saturated heterocycles. The molecule has 2 aliphatic rings. The molecule has 31 heavy (non-hydrogen) atoms. The molecule has 0 unspecified atom stereocenters. The molecular weight excluding hydrogens is 392 g/mol. The second-order valence-electron chi connectivity index (χ2n) is 8.49. The summed E-state index contributed by atoms with van der Waals surface area (Å²) in [6, 6.07) is 17.0. The number of likely N-dealkylation sites (tertiary alicyclic amines) is 1. The number of ether oxygens (including phenoxy) is 2. The van der Waals surface area contributed by atoms with Gasteiger partial charge in [0.25, 0.3) is 5.91 Å². The summed E-state index contributed by atoms with van der Waals surface area (Å²) >= 11 is 0. The van der Waals surface area contributed by atoms with Crippen molar-refractivity contribution in [2.75, 3.05) is 20.2 Å². The van der Waals surface area contributed by atoms with Gasteiger partial charge in [-0.15, -0.1) is 0 Å². The molecule has 0 spiro atoms. The fourth-order valence-corrected chi connectivity index (χ4v) is 4.95. The van der Waals surface area contributed by atoms with Gasteiger partial charge in [-0.3, -0.25) is 9.78 Å². The van der Waals surface area contributed by atoms with Crippen LogP contribution >= 0.6 is 0 Å². The first-order valence-corrected chi connectivity index (χ1v) is 10.7. The van der Waals surface area contributed by atoms with E-state index in [1.165, 1.54) is 0 Å². The molecule has 2 heterocycles. The average molecular weight is 418 g/mol. The van der Waals surface area contributed by atoms with Gasteiger partial charge in [0.15, 0.2) is 11.5 Å². The Bertz CT molecular complexity index is 1100. The van der Waals surface area contributed by atoms with Gasteiger partial charge in [-0.05, 0) is 61.1 Å². The Labute approximate surface area is 181 Å². The van der Waals surface area contributed by atoms with Crippen molar-refractivity contribution in [1.82, 2.24) is 9.88 Å². The van der Waals surface area contributed by atoms with Gasteiger partial charge in [0.05, 0.1) is 18.7 Å². The van der Waals surface area contributed by atoms with Gasteiger partial charge in [-0.1, -0.05) is 18.2 Å². The number of methoxy groups -OCH3 is 1. The number of fused-ring (bicyclic) bond motifs is 2. The molecule has 1 aromatic heterocycles. The third-order valence-electron chi connectivity index (χ3n) is 6.57. The molecule has 3 aromatic rings. The molecule has 1 saturated carbocycles. The van der Waals surface area contributed by atoms with Gasteiger partial charge in [0, 0.05) is 30.2 Å². The maximum Gasteiger partial charge on any atom is 0.253 e. The first kappa shape index (κ1) is 19.8. The minimum Gasteiger partial charge on any atom is -0.493 e. The lowest BCUT2D eigenvalue weighted by molar-refractivity contribution is -0.0240. The zero-order valence-electron chi connectivity index (χ0n) is 17.5. The van der Waals surface area contributed by atoms with Crippen molar-refractivity contribution < 1.29 is 19.4 Å². The van der Waals surface area contributed by atoms with E-state index < -0.39 is 6.10 Å². The minimum absolute atomic E-state index is 0.0387. The van der Waals surface area contributed by atoms with Crippen LogP contribution in [0.4, 0.5) is 0 Å². The summed E-state index contributed by atoms with van der Waals surface area (Å²) in [5, 5.41) is 11.7. The number of nitrogens with zero attached hydrogens (tertiary/aromatic N) is 2. The molecule has 0 radical (unpaired) electrons. The average Bonchev–Trinajstić information content (AvgIpc) is 3.21. The Morgan fingerprint density at radius 2 is 1.81 bits per heavy atom. The van der Waals surface area contributed by atoms with Crippen LogP contribution in [0.3, 0.4) is 0 Å². The van der Waals surface area contributed by atoms with E-state index in [4.69, 9.17) is 9.47 Å².